The second-order valence-electron chi connectivity index (χ2n) is 3.61. The molecule has 0 aliphatic heterocycles. The number of hydrogen-bond acceptors (Lipinski definition) is 4. The Kier molecular flexibility index (Phi) is 3.25. The first-order chi connectivity index (χ1) is 8.26. The van der Waals surface area contributed by atoms with Crippen LogP contribution in [-0.2, 0) is 6.54 Å². The zero-order valence-corrected chi connectivity index (χ0v) is 9.55. The van der Waals surface area contributed by atoms with Gasteiger partial charge in [-0.1, -0.05) is 18.2 Å². The minimum absolute atomic E-state index is 0.224. The summed E-state index contributed by atoms with van der Waals surface area (Å²) >= 11 is 0. The Morgan fingerprint density at radius 2 is 2.12 bits per heavy atom. The zero-order chi connectivity index (χ0) is 12.3. The molecule has 2 aromatic rings. The molecule has 0 amide bonds. The number of pyridine rings is 1. The van der Waals surface area contributed by atoms with Crippen molar-refractivity contribution >= 4 is 0 Å². The monoisotopic (exact) mass is 230 g/mol. The lowest BCUT2D eigenvalue weighted by Crippen LogP contribution is -2.02. The van der Waals surface area contributed by atoms with Crippen LogP contribution < -0.4 is 10.5 Å². The van der Waals surface area contributed by atoms with Crippen molar-refractivity contribution in [1.82, 2.24) is 4.98 Å². The molecule has 0 spiro atoms. The van der Waals surface area contributed by atoms with Crippen molar-refractivity contribution in [1.29, 1.82) is 0 Å². The number of phenols is 1. The van der Waals surface area contributed by atoms with E-state index in [0.29, 0.717) is 12.4 Å². The molecule has 0 saturated heterocycles. The molecule has 0 unspecified atom stereocenters. The van der Waals surface area contributed by atoms with Gasteiger partial charge in [-0.2, -0.15) is 0 Å². The van der Waals surface area contributed by atoms with Crippen molar-refractivity contribution < 1.29 is 9.84 Å². The molecule has 1 aromatic heterocycles. The molecule has 3 N–H and O–H groups in total. The van der Waals surface area contributed by atoms with Crippen LogP contribution in [0.3, 0.4) is 0 Å². The highest BCUT2D eigenvalue weighted by atomic mass is 16.5. The molecule has 17 heavy (non-hydrogen) atoms. The summed E-state index contributed by atoms with van der Waals surface area (Å²) in [7, 11) is 1.56. The molecule has 88 valence electrons. The van der Waals surface area contributed by atoms with Crippen LogP contribution in [0.4, 0.5) is 0 Å². The summed E-state index contributed by atoms with van der Waals surface area (Å²) in [5.74, 6) is 0.745. The highest BCUT2D eigenvalue weighted by Gasteiger charge is 2.08. The summed E-state index contributed by atoms with van der Waals surface area (Å²) in [6.45, 7) is 0.345. The van der Waals surface area contributed by atoms with Crippen LogP contribution in [0.1, 0.15) is 5.56 Å². The zero-order valence-electron chi connectivity index (χ0n) is 9.55. The van der Waals surface area contributed by atoms with Gasteiger partial charge >= 0.3 is 0 Å². The summed E-state index contributed by atoms with van der Waals surface area (Å²) in [6, 6.07) is 8.99. The van der Waals surface area contributed by atoms with Gasteiger partial charge in [0.25, 0.3) is 0 Å². The first-order valence-corrected chi connectivity index (χ1v) is 5.27. The SMILES string of the molecule is COc1ncc(-c2ccccc2O)cc1CN. The van der Waals surface area contributed by atoms with Crippen LogP contribution in [0.15, 0.2) is 36.5 Å². The van der Waals surface area contributed by atoms with Gasteiger partial charge in [0.2, 0.25) is 5.88 Å². The van der Waals surface area contributed by atoms with E-state index in [9.17, 15) is 5.11 Å². The van der Waals surface area contributed by atoms with E-state index in [1.165, 1.54) is 0 Å². The van der Waals surface area contributed by atoms with Gasteiger partial charge in [-0.05, 0) is 12.1 Å². The number of aromatic hydroxyl groups is 1. The molecule has 1 heterocycles. The molecule has 0 radical (unpaired) electrons. The number of nitrogens with two attached hydrogens (primary N) is 1. The summed E-state index contributed by atoms with van der Waals surface area (Å²) in [5.41, 5.74) is 8.00. The van der Waals surface area contributed by atoms with Crippen LogP contribution in [0.5, 0.6) is 11.6 Å². The Hall–Kier alpha value is -2.07. The first-order valence-electron chi connectivity index (χ1n) is 5.27. The molecule has 2 rings (SSSR count). The van der Waals surface area contributed by atoms with Gasteiger partial charge in [-0.3, -0.25) is 0 Å². The molecule has 0 fully saturated rings. The van der Waals surface area contributed by atoms with E-state index in [1.807, 2.05) is 18.2 Å². The molecule has 0 bridgehead atoms. The molecular formula is C13H14N2O2. The second kappa shape index (κ2) is 4.84. The average Bonchev–Trinajstić information content (AvgIpc) is 2.38. The van der Waals surface area contributed by atoms with Gasteiger partial charge in [0.05, 0.1) is 7.11 Å². The third-order valence-electron chi connectivity index (χ3n) is 2.55. The number of para-hydroxylation sites is 1. The lowest BCUT2D eigenvalue weighted by Gasteiger charge is -2.09. The topological polar surface area (TPSA) is 68.4 Å². The summed E-state index contributed by atoms with van der Waals surface area (Å²) < 4.78 is 5.10. The minimum Gasteiger partial charge on any atom is -0.507 e. The summed E-state index contributed by atoms with van der Waals surface area (Å²) in [6.07, 6.45) is 1.66. The number of nitrogens with zero attached hydrogens (tertiary/aromatic N) is 1. The van der Waals surface area contributed by atoms with Crippen LogP contribution in [0.25, 0.3) is 11.1 Å². The fourth-order valence-corrected chi connectivity index (χ4v) is 1.69. The van der Waals surface area contributed by atoms with Crippen LogP contribution >= 0.6 is 0 Å². The molecule has 4 heteroatoms. The Labute approximate surface area is 99.7 Å². The Balaban J connectivity index is 2.50. The summed E-state index contributed by atoms with van der Waals surface area (Å²) in [5, 5.41) is 9.76. The highest BCUT2D eigenvalue weighted by Crippen LogP contribution is 2.30. The predicted molar refractivity (Wildman–Crippen MR) is 65.8 cm³/mol. The maximum Gasteiger partial charge on any atom is 0.217 e. The molecular weight excluding hydrogens is 216 g/mol. The third kappa shape index (κ3) is 2.21. The number of methoxy groups -OCH3 is 1. The number of ether oxygens (including phenoxy) is 1. The lowest BCUT2D eigenvalue weighted by molar-refractivity contribution is 0.393. The lowest BCUT2D eigenvalue weighted by atomic mass is 10.0. The maximum atomic E-state index is 9.76. The van der Waals surface area contributed by atoms with Gasteiger partial charge in [0.15, 0.2) is 0 Å². The third-order valence-corrected chi connectivity index (χ3v) is 2.55. The van der Waals surface area contributed by atoms with Gasteiger partial charge in [-0.15, -0.1) is 0 Å². The second-order valence-corrected chi connectivity index (χ2v) is 3.61. The molecule has 0 aliphatic rings. The van der Waals surface area contributed by atoms with E-state index in [2.05, 4.69) is 4.98 Å². The average molecular weight is 230 g/mol. The Morgan fingerprint density at radius 1 is 1.35 bits per heavy atom. The quantitative estimate of drug-likeness (QED) is 0.845. The normalized spacial score (nSPS) is 10.2. The predicted octanol–water partition coefficient (Wildman–Crippen LogP) is 1.92. The van der Waals surface area contributed by atoms with Crippen molar-refractivity contribution in [3.8, 4) is 22.8 Å². The van der Waals surface area contributed by atoms with Gasteiger partial charge in [-0.25, -0.2) is 4.98 Å². The van der Waals surface area contributed by atoms with E-state index < -0.39 is 0 Å². The fourth-order valence-electron chi connectivity index (χ4n) is 1.69. The standard InChI is InChI=1S/C13H14N2O2/c1-17-13-9(7-14)6-10(8-15-13)11-4-2-3-5-12(11)16/h2-6,8,16H,7,14H2,1H3. The minimum atomic E-state index is 0.224. The smallest absolute Gasteiger partial charge is 0.217 e. The van der Waals surface area contributed by atoms with Crippen molar-refractivity contribution in [2.24, 2.45) is 5.73 Å². The van der Waals surface area contributed by atoms with E-state index in [4.69, 9.17) is 10.5 Å². The van der Waals surface area contributed by atoms with Gasteiger partial charge in [0, 0.05) is 29.4 Å². The van der Waals surface area contributed by atoms with E-state index in [-0.39, 0.29) is 5.75 Å². The molecule has 0 atom stereocenters. The Morgan fingerprint density at radius 3 is 2.76 bits per heavy atom. The van der Waals surface area contributed by atoms with Crippen molar-refractivity contribution in [2.75, 3.05) is 7.11 Å². The van der Waals surface area contributed by atoms with Crippen LogP contribution in [-0.4, -0.2) is 17.2 Å². The fraction of sp³-hybridized carbons (Fsp3) is 0.154. The highest BCUT2D eigenvalue weighted by molar-refractivity contribution is 5.70. The van der Waals surface area contributed by atoms with Crippen LogP contribution in [0.2, 0.25) is 0 Å². The molecule has 4 nitrogen and oxygen atoms in total. The number of benzene rings is 1. The number of aromatic nitrogens is 1. The molecule has 1 aromatic carbocycles. The number of rotatable bonds is 3. The van der Waals surface area contributed by atoms with Crippen molar-refractivity contribution in [3.63, 3.8) is 0 Å². The van der Waals surface area contributed by atoms with Gasteiger partial charge < -0.3 is 15.6 Å². The van der Waals surface area contributed by atoms with Crippen molar-refractivity contribution in [3.05, 3.63) is 42.1 Å². The molecule has 0 aliphatic carbocycles. The largest absolute Gasteiger partial charge is 0.507 e. The molecule has 0 saturated carbocycles. The maximum absolute atomic E-state index is 9.76. The van der Waals surface area contributed by atoms with Gasteiger partial charge in [0.1, 0.15) is 5.75 Å². The van der Waals surface area contributed by atoms with Crippen LogP contribution in [0, 0.1) is 0 Å². The van der Waals surface area contributed by atoms with E-state index in [0.717, 1.165) is 16.7 Å². The van der Waals surface area contributed by atoms with E-state index in [1.54, 1.807) is 25.4 Å². The number of phenolic OH excluding ortho intramolecular Hbond substituents is 1. The van der Waals surface area contributed by atoms with Crippen molar-refractivity contribution in [2.45, 2.75) is 6.54 Å². The summed E-state index contributed by atoms with van der Waals surface area (Å²) in [4.78, 5) is 4.17. The Bertz CT molecular complexity index is 527. The number of hydrogen-bond donors (Lipinski definition) is 2. The van der Waals surface area contributed by atoms with E-state index >= 15 is 0 Å². The first kappa shape index (κ1) is 11.4.